The molecule has 1 aliphatic heterocycles. The van der Waals surface area contributed by atoms with Crippen molar-refractivity contribution in [3.63, 3.8) is 0 Å². The molecule has 8 nitrogen and oxygen atoms in total. The van der Waals surface area contributed by atoms with E-state index in [0.29, 0.717) is 35.5 Å². The van der Waals surface area contributed by atoms with Gasteiger partial charge in [0.05, 0.1) is 10.6 Å². The van der Waals surface area contributed by atoms with E-state index in [9.17, 15) is 19.7 Å². The lowest BCUT2D eigenvalue weighted by Crippen LogP contribution is -2.27. The number of ether oxygens (including phenoxy) is 1. The maximum atomic E-state index is 12.5. The molecular formula is C19H19N3O5. The van der Waals surface area contributed by atoms with E-state index in [1.807, 2.05) is 0 Å². The molecule has 2 aromatic carbocycles. The molecular weight excluding hydrogens is 350 g/mol. The van der Waals surface area contributed by atoms with Crippen molar-refractivity contribution in [3.8, 4) is 0 Å². The number of non-ortho nitro benzene ring substituents is 1. The minimum atomic E-state index is -0.518. The number of amides is 2. The van der Waals surface area contributed by atoms with Crippen LogP contribution < -0.4 is 10.6 Å². The van der Waals surface area contributed by atoms with Gasteiger partial charge in [0.1, 0.15) is 6.10 Å². The maximum absolute atomic E-state index is 12.5. The van der Waals surface area contributed by atoms with Gasteiger partial charge in [-0.05, 0) is 43.5 Å². The summed E-state index contributed by atoms with van der Waals surface area (Å²) >= 11 is 0. The van der Waals surface area contributed by atoms with Crippen molar-refractivity contribution in [2.45, 2.75) is 25.9 Å². The molecule has 0 radical (unpaired) electrons. The molecule has 0 saturated carbocycles. The average molecular weight is 369 g/mol. The summed E-state index contributed by atoms with van der Waals surface area (Å²) in [5, 5.41) is 16.3. The lowest BCUT2D eigenvalue weighted by molar-refractivity contribution is -0.384. The second kappa shape index (κ2) is 7.96. The topological polar surface area (TPSA) is 111 Å². The number of rotatable bonds is 5. The minimum absolute atomic E-state index is 0.103. The zero-order valence-electron chi connectivity index (χ0n) is 14.7. The van der Waals surface area contributed by atoms with Crippen molar-refractivity contribution in [1.82, 2.24) is 0 Å². The smallest absolute Gasteiger partial charge is 0.271 e. The fourth-order valence-electron chi connectivity index (χ4n) is 2.80. The zero-order chi connectivity index (χ0) is 19.4. The number of nitrogens with zero attached hydrogens (tertiary/aromatic N) is 1. The number of carbonyl (C=O) groups excluding carboxylic acids is 2. The highest BCUT2D eigenvalue weighted by molar-refractivity contribution is 6.06. The summed E-state index contributed by atoms with van der Waals surface area (Å²) in [4.78, 5) is 35.1. The Labute approximate surface area is 155 Å². The van der Waals surface area contributed by atoms with Gasteiger partial charge >= 0.3 is 0 Å². The molecule has 2 N–H and O–H groups in total. The normalized spacial score (nSPS) is 16.0. The van der Waals surface area contributed by atoms with Crippen molar-refractivity contribution >= 4 is 28.9 Å². The Morgan fingerprint density at radius 2 is 2.00 bits per heavy atom. The molecule has 1 fully saturated rings. The summed E-state index contributed by atoms with van der Waals surface area (Å²) in [6.45, 7) is 2.32. The van der Waals surface area contributed by atoms with Crippen LogP contribution in [0.3, 0.4) is 0 Å². The van der Waals surface area contributed by atoms with Crippen molar-refractivity contribution in [3.05, 3.63) is 63.7 Å². The average Bonchev–Trinajstić information content (AvgIpc) is 3.18. The number of benzene rings is 2. The zero-order valence-corrected chi connectivity index (χ0v) is 14.7. The summed E-state index contributed by atoms with van der Waals surface area (Å²) < 4.78 is 5.34. The number of nitro groups is 1. The Bertz CT molecular complexity index is 891. The summed E-state index contributed by atoms with van der Waals surface area (Å²) in [5.41, 5.74) is 1.78. The van der Waals surface area contributed by atoms with Gasteiger partial charge in [0.25, 0.3) is 17.5 Å². The van der Waals surface area contributed by atoms with Gasteiger partial charge < -0.3 is 15.4 Å². The summed E-state index contributed by atoms with van der Waals surface area (Å²) in [5.74, 6) is -0.661. The van der Waals surface area contributed by atoms with Crippen LogP contribution in [0.5, 0.6) is 0 Å². The molecule has 8 heteroatoms. The van der Waals surface area contributed by atoms with E-state index in [1.165, 1.54) is 12.1 Å². The summed E-state index contributed by atoms with van der Waals surface area (Å²) in [6.07, 6.45) is 1.07. The molecule has 140 valence electrons. The van der Waals surface area contributed by atoms with Gasteiger partial charge in [-0.25, -0.2) is 0 Å². The number of hydrogen-bond donors (Lipinski definition) is 2. The minimum Gasteiger partial charge on any atom is -0.368 e. The van der Waals surface area contributed by atoms with Gasteiger partial charge in [0, 0.05) is 30.0 Å². The molecule has 0 aliphatic carbocycles. The molecule has 27 heavy (non-hydrogen) atoms. The van der Waals surface area contributed by atoms with Gasteiger partial charge in [-0.3, -0.25) is 19.7 Å². The second-order valence-corrected chi connectivity index (χ2v) is 6.28. The summed E-state index contributed by atoms with van der Waals surface area (Å²) in [7, 11) is 0. The summed E-state index contributed by atoms with van der Waals surface area (Å²) in [6, 6.07) is 10.8. The third-order valence-electron chi connectivity index (χ3n) is 4.29. The van der Waals surface area contributed by atoms with Gasteiger partial charge in [-0.2, -0.15) is 0 Å². The Morgan fingerprint density at radius 3 is 2.70 bits per heavy atom. The van der Waals surface area contributed by atoms with E-state index in [4.69, 9.17) is 4.74 Å². The van der Waals surface area contributed by atoms with Gasteiger partial charge in [-0.1, -0.05) is 12.1 Å². The first-order valence-electron chi connectivity index (χ1n) is 8.53. The Kier molecular flexibility index (Phi) is 5.46. The van der Waals surface area contributed by atoms with Crippen LogP contribution in [-0.4, -0.2) is 29.4 Å². The van der Waals surface area contributed by atoms with Crippen LogP contribution in [0.4, 0.5) is 17.1 Å². The first-order chi connectivity index (χ1) is 12.9. The molecule has 1 saturated heterocycles. The van der Waals surface area contributed by atoms with E-state index in [1.54, 1.807) is 37.3 Å². The Morgan fingerprint density at radius 1 is 1.19 bits per heavy atom. The highest BCUT2D eigenvalue weighted by Gasteiger charge is 2.23. The van der Waals surface area contributed by atoms with Gasteiger partial charge in [-0.15, -0.1) is 0 Å². The predicted molar refractivity (Wildman–Crippen MR) is 99.8 cm³/mol. The van der Waals surface area contributed by atoms with Crippen molar-refractivity contribution < 1.29 is 19.2 Å². The molecule has 0 spiro atoms. The predicted octanol–water partition coefficient (Wildman–Crippen LogP) is 3.27. The number of anilines is 2. The number of nitrogens with one attached hydrogen (secondary N) is 2. The van der Waals surface area contributed by atoms with E-state index >= 15 is 0 Å². The van der Waals surface area contributed by atoms with Crippen LogP contribution >= 0.6 is 0 Å². The molecule has 1 atom stereocenters. The molecule has 2 aromatic rings. The van der Waals surface area contributed by atoms with Crippen LogP contribution in [0.2, 0.25) is 0 Å². The molecule has 1 aliphatic rings. The van der Waals surface area contributed by atoms with Crippen LogP contribution in [0.15, 0.2) is 42.5 Å². The Hall–Kier alpha value is -3.26. The molecule has 1 heterocycles. The molecule has 0 aromatic heterocycles. The molecule has 3 rings (SSSR count). The van der Waals surface area contributed by atoms with Crippen molar-refractivity contribution in [2.75, 3.05) is 17.2 Å². The van der Waals surface area contributed by atoms with E-state index in [-0.39, 0.29) is 11.6 Å². The number of carbonyl (C=O) groups is 2. The van der Waals surface area contributed by atoms with Crippen LogP contribution in [0.25, 0.3) is 0 Å². The highest BCUT2D eigenvalue weighted by atomic mass is 16.6. The van der Waals surface area contributed by atoms with Crippen molar-refractivity contribution in [1.29, 1.82) is 0 Å². The fraction of sp³-hybridized carbons (Fsp3) is 0.263. The number of aryl methyl sites for hydroxylation is 1. The van der Waals surface area contributed by atoms with Crippen LogP contribution in [0, 0.1) is 17.0 Å². The monoisotopic (exact) mass is 369 g/mol. The lowest BCUT2D eigenvalue weighted by atomic mass is 10.1. The van der Waals surface area contributed by atoms with Gasteiger partial charge in [0.15, 0.2) is 0 Å². The van der Waals surface area contributed by atoms with E-state index in [2.05, 4.69) is 10.6 Å². The quantitative estimate of drug-likeness (QED) is 0.621. The van der Waals surface area contributed by atoms with Crippen LogP contribution in [0.1, 0.15) is 28.8 Å². The Balaban J connectivity index is 1.73. The largest absolute Gasteiger partial charge is 0.368 e. The first kappa shape index (κ1) is 18.5. The van der Waals surface area contributed by atoms with Crippen molar-refractivity contribution in [2.24, 2.45) is 0 Å². The number of hydrogen-bond acceptors (Lipinski definition) is 5. The van der Waals surface area contributed by atoms with E-state index < -0.39 is 16.9 Å². The number of nitro benzene ring substituents is 1. The van der Waals surface area contributed by atoms with E-state index in [0.717, 1.165) is 6.42 Å². The fourth-order valence-corrected chi connectivity index (χ4v) is 2.80. The lowest BCUT2D eigenvalue weighted by Gasteiger charge is -2.12. The third-order valence-corrected chi connectivity index (χ3v) is 4.29. The van der Waals surface area contributed by atoms with Crippen LogP contribution in [-0.2, 0) is 9.53 Å². The molecule has 2 amide bonds. The SMILES string of the molecule is Cc1ccc([N+](=O)[O-])cc1NC(=O)c1cccc(NC(=O)C2CCCO2)c1. The third kappa shape index (κ3) is 4.48. The highest BCUT2D eigenvalue weighted by Crippen LogP contribution is 2.23. The first-order valence-corrected chi connectivity index (χ1v) is 8.53. The van der Waals surface area contributed by atoms with Gasteiger partial charge in [0.2, 0.25) is 0 Å². The molecule has 0 bridgehead atoms. The molecule has 1 unspecified atom stereocenters. The second-order valence-electron chi connectivity index (χ2n) is 6.28. The standard InChI is InChI=1S/C19H19N3O5/c1-12-7-8-15(22(25)26)11-16(12)21-18(23)13-4-2-5-14(10-13)20-19(24)17-6-3-9-27-17/h2,4-5,7-8,10-11,17H,3,6,9H2,1H3,(H,20,24)(H,21,23). The maximum Gasteiger partial charge on any atom is 0.271 e.